The molecule has 98 valence electrons. The van der Waals surface area contributed by atoms with Crippen LogP contribution >= 0.6 is 0 Å². The fourth-order valence-corrected chi connectivity index (χ4v) is 2.36. The van der Waals surface area contributed by atoms with Crippen molar-refractivity contribution in [2.24, 2.45) is 0 Å². The summed E-state index contributed by atoms with van der Waals surface area (Å²) in [5, 5.41) is 3.50. The smallest absolute Gasteiger partial charge is 0.118 e. The monoisotopic (exact) mass is 245 g/mol. The highest BCUT2D eigenvalue weighted by atomic mass is 16.5. The van der Waals surface area contributed by atoms with E-state index in [1.54, 1.807) is 12.7 Å². The molecule has 0 unspecified atom stereocenters. The molecule has 0 radical (unpaired) electrons. The fraction of sp³-hybridized carbons (Fsp3) is 0.500. The fourth-order valence-electron chi connectivity index (χ4n) is 2.36. The van der Waals surface area contributed by atoms with Crippen molar-refractivity contribution < 1.29 is 4.74 Å². The van der Waals surface area contributed by atoms with Gasteiger partial charge < -0.3 is 10.1 Å². The number of rotatable bonds is 6. The first kappa shape index (κ1) is 13.2. The largest absolute Gasteiger partial charge is 0.497 e. The SMILES string of the molecule is COc1ccc(CNCCC2=CCCCC2)cc1. The zero-order valence-corrected chi connectivity index (χ0v) is 11.2. The van der Waals surface area contributed by atoms with Gasteiger partial charge in [-0.3, -0.25) is 0 Å². The van der Waals surface area contributed by atoms with Crippen LogP contribution in [-0.4, -0.2) is 13.7 Å². The standard InChI is InChI=1S/C16H23NO/c1-18-16-9-7-15(8-10-16)13-17-12-11-14-5-3-2-4-6-14/h5,7-10,17H,2-4,6,11-13H2,1H3. The number of allylic oxidation sites excluding steroid dienone is 1. The molecule has 0 atom stereocenters. The number of hydrogen-bond donors (Lipinski definition) is 1. The van der Waals surface area contributed by atoms with Crippen LogP contribution in [0.5, 0.6) is 5.75 Å². The van der Waals surface area contributed by atoms with Gasteiger partial charge in [0, 0.05) is 6.54 Å². The minimum atomic E-state index is 0.922. The van der Waals surface area contributed by atoms with Crippen LogP contribution in [0.15, 0.2) is 35.9 Å². The van der Waals surface area contributed by atoms with Crippen LogP contribution in [0.3, 0.4) is 0 Å². The van der Waals surface area contributed by atoms with E-state index in [-0.39, 0.29) is 0 Å². The first-order valence-corrected chi connectivity index (χ1v) is 6.90. The van der Waals surface area contributed by atoms with Gasteiger partial charge in [-0.2, -0.15) is 0 Å². The van der Waals surface area contributed by atoms with Crippen LogP contribution in [0, 0.1) is 0 Å². The van der Waals surface area contributed by atoms with Gasteiger partial charge in [0.25, 0.3) is 0 Å². The van der Waals surface area contributed by atoms with E-state index in [1.807, 2.05) is 12.1 Å². The van der Waals surface area contributed by atoms with E-state index in [2.05, 4.69) is 23.5 Å². The van der Waals surface area contributed by atoms with Gasteiger partial charge in [0.2, 0.25) is 0 Å². The molecule has 0 fully saturated rings. The molecule has 18 heavy (non-hydrogen) atoms. The minimum Gasteiger partial charge on any atom is -0.497 e. The van der Waals surface area contributed by atoms with Crippen LogP contribution in [0.25, 0.3) is 0 Å². The zero-order chi connectivity index (χ0) is 12.6. The Bertz CT molecular complexity index is 381. The van der Waals surface area contributed by atoms with E-state index in [1.165, 1.54) is 37.7 Å². The summed E-state index contributed by atoms with van der Waals surface area (Å²) >= 11 is 0. The minimum absolute atomic E-state index is 0.922. The summed E-state index contributed by atoms with van der Waals surface area (Å²) in [5.41, 5.74) is 2.96. The van der Waals surface area contributed by atoms with E-state index in [4.69, 9.17) is 4.74 Å². The number of benzene rings is 1. The maximum atomic E-state index is 5.15. The Labute approximate surface area is 110 Å². The van der Waals surface area contributed by atoms with Gasteiger partial charge in [-0.15, -0.1) is 0 Å². The van der Waals surface area contributed by atoms with Crippen molar-refractivity contribution in [2.45, 2.75) is 38.6 Å². The molecule has 0 bridgehead atoms. The van der Waals surface area contributed by atoms with Crippen molar-refractivity contribution in [3.05, 3.63) is 41.5 Å². The summed E-state index contributed by atoms with van der Waals surface area (Å²) in [6.07, 6.45) is 8.99. The molecule has 0 amide bonds. The number of hydrogen-bond acceptors (Lipinski definition) is 2. The van der Waals surface area contributed by atoms with Gasteiger partial charge in [-0.05, 0) is 56.3 Å². The Morgan fingerprint density at radius 2 is 2.00 bits per heavy atom. The van der Waals surface area contributed by atoms with E-state index < -0.39 is 0 Å². The maximum Gasteiger partial charge on any atom is 0.118 e. The summed E-state index contributed by atoms with van der Waals surface area (Å²) in [5.74, 6) is 0.922. The second-order valence-electron chi connectivity index (χ2n) is 4.88. The quantitative estimate of drug-likeness (QED) is 0.610. The molecule has 1 aliphatic carbocycles. The van der Waals surface area contributed by atoms with Crippen LogP contribution < -0.4 is 10.1 Å². The normalized spacial score (nSPS) is 15.3. The molecular formula is C16H23NO. The molecule has 1 aliphatic rings. The second-order valence-corrected chi connectivity index (χ2v) is 4.88. The summed E-state index contributed by atoms with van der Waals surface area (Å²) in [6, 6.07) is 8.26. The third-order valence-corrected chi connectivity index (χ3v) is 3.50. The summed E-state index contributed by atoms with van der Waals surface area (Å²) in [4.78, 5) is 0. The summed E-state index contributed by atoms with van der Waals surface area (Å²) in [7, 11) is 1.70. The molecule has 2 heteroatoms. The lowest BCUT2D eigenvalue weighted by Crippen LogP contribution is -2.15. The lowest BCUT2D eigenvalue weighted by atomic mass is 9.97. The van der Waals surface area contributed by atoms with Crippen molar-refractivity contribution >= 4 is 0 Å². The van der Waals surface area contributed by atoms with E-state index in [0.29, 0.717) is 0 Å². The average molecular weight is 245 g/mol. The van der Waals surface area contributed by atoms with Crippen LogP contribution in [0.2, 0.25) is 0 Å². The number of nitrogens with one attached hydrogen (secondary N) is 1. The molecule has 0 heterocycles. The predicted octanol–water partition coefficient (Wildman–Crippen LogP) is 3.68. The average Bonchev–Trinajstić information content (AvgIpc) is 2.45. The van der Waals surface area contributed by atoms with Crippen molar-refractivity contribution in [2.75, 3.05) is 13.7 Å². The highest BCUT2D eigenvalue weighted by Crippen LogP contribution is 2.19. The second kappa shape index (κ2) is 7.22. The molecule has 0 spiro atoms. The van der Waals surface area contributed by atoms with Gasteiger partial charge >= 0.3 is 0 Å². The van der Waals surface area contributed by atoms with Crippen molar-refractivity contribution in [3.8, 4) is 5.75 Å². The zero-order valence-electron chi connectivity index (χ0n) is 11.2. The highest BCUT2D eigenvalue weighted by molar-refractivity contribution is 5.27. The van der Waals surface area contributed by atoms with Gasteiger partial charge in [-0.1, -0.05) is 23.8 Å². The molecule has 0 saturated carbocycles. The van der Waals surface area contributed by atoms with Gasteiger partial charge in [0.1, 0.15) is 5.75 Å². The lowest BCUT2D eigenvalue weighted by molar-refractivity contribution is 0.414. The molecule has 0 aromatic heterocycles. The highest BCUT2D eigenvalue weighted by Gasteiger charge is 2.02. The molecule has 0 saturated heterocycles. The Kier molecular flexibility index (Phi) is 5.28. The van der Waals surface area contributed by atoms with Crippen molar-refractivity contribution in [3.63, 3.8) is 0 Å². The molecular weight excluding hydrogens is 222 g/mol. The third kappa shape index (κ3) is 4.19. The van der Waals surface area contributed by atoms with E-state index in [0.717, 1.165) is 18.8 Å². The summed E-state index contributed by atoms with van der Waals surface area (Å²) < 4.78 is 5.15. The molecule has 0 aliphatic heterocycles. The van der Waals surface area contributed by atoms with Crippen molar-refractivity contribution in [1.29, 1.82) is 0 Å². The number of methoxy groups -OCH3 is 1. The molecule has 1 N–H and O–H groups in total. The Balaban J connectivity index is 1.66. The lowest BCUT2D eigenvalue weighted by Gasteiger charge is -2.13. The van der Waals surface area contributed by atoms with E-state index >= 15 is 0 Å². The van der Waals surface area contributed by atoms with Gasteiger partial charge in [0.15, 0.2) is 0 Å². The first-order chi connectivity index (χ1) is 8.88. The molecule has 2 rings (SSSR count). The van der Waals surface area contributed by atoms with Gasteiger partial charge in [-0.25, -0.2) is 0 Å². The van der Waals surface area contributed by atoms with Gasteiger partial charge in [0.05, 0.1) is 7.11 Å². The van der Waals surface area contributed by atoms with Crippen LogP contribution in [-0.2, 0) is 6.54 Å². The van der Waals surface area contributed by atoms with Crippen LogP contribution in [0.1, 0.15) is 37.7 Å². The Morgan fingerprint density at radius 1 is 1.17 bits per heavy atom. The number of ether oxygens (including phenoxy) is 1. The third-order valence-electron chi connectivity index (χ3n) is 3.50. The van der Waals surface area contributed by atoms with Crippen LogP contribution in [0.4, 0.5) is 0 Å². The first-order valence-electron chi connectivity index (χ1n) is 6.90. The topological polar surface area (TPSA) is 21.3 Å². The van der Waals surface area contributed by atoms with Crippen molar-refractivity contribution in [1.82, 2.24) is 5.32 Å². The molecule has 1 aromatic carbocycles. The van der Waals surface area contributed by atoms with E-state index in [9.17, 15) is 0 Å². The maximum absolute atomic E-state index is 5.15. The Morgan fingerprint density at radius 3 is 2.67 bits per heavy atom. The molecule has 2 nitrogen and oxygen atoms in total. The molecule has 1 aromatic rings. The summed E-state index contributed by atoms with van der Waals surface area (Å²) in [6.45, 7) is 2.02. The predicted molar refractivity (Wildman–Crippen MR) is 75.9 cm³/mol. The Hall–Kier alpha value is -1.28.